The van der Waals surface area contributed by atoms with Gasteiger partial charge >= 0.3 is 0 Å². The van der Waals surface area contributed by atoms with Gasteiger partial charge in [0.15, 0.2) is 16.9 Å². The lowest BCUT2D eigenvalue weighted by Crippen LogP contribution is -2.50. The van der Waals surface area contributed by atoms with Crippen LogP contribution >= 0.6 is 0 Å². The molecule has 0 aliphatic carbocycles. The third kappa shape index (κ3) is 4.13. The van der Waals surface area contributed by atoms with Gasteiger partial charge in [-0.25, -0.2) is 0 Å². The molecule has 0 radical (unpaired) electrons. The Kier molecular flexibility index (Phi) is 6.13. The standard InChI is InChI=1S/C27H32N2O4/c1-18-23-14-26(32-3)25(31-2)13-19(23)10-12-29(18)21-7-6-11-28(16-21)15-20-17-33-24-9-5-4-8-22(24)27(20)30/h4-5,8-9,13-14,17-18,21H,6-7,10-12,15-16H2,1-3H3. The zero-order valence-corrected chi connectivity index (χ0v) is 19.7. The van der Waals surface area contributed by atoms with Crippen LogP contribution in [0.25, 0.3) is 11.0 Å². The van der Waals surface area contributed by atoms with Gasteiger partial charge < -0.3 is 13.9 Å². The van der Waals surface area contributed by atoms with E-state index in [9.17, 15) is 4.79 Å². The first-order valence-electron chi connectivity index (χ1n) is 11.8. The molecule has 0 N–H and O–H groups in total. The van der Waals surface area contributed by atoms with E-state index < -0.39 is 0 Å². The highest BCUT2D eigenvalue weighted by Crippen LogP contribution is 2.39. The minimum Gasteiger partial charge on any atom is -0.493 e. The summed E-state index contributed by atoms with van der Waals surface area (Å²) in [5.41, 5.74) is 4.14. The Hall–Kier alpha value is -2.83. The zero-order valence-electron chi connectivity index (χ0n) is 19.7. The van der Waals surface area contributed by atoms with Crippen molar-refractivity contribution in [1.82, 2.24) is 9.80 Å². The molecule has 0 saturated carbocycles. The fraction of sp³-hybridized carbons (Fsp3) is 0.444. The minimum atomic E-state index is 0.0836. The predicted molar refractivity (Wildman–Crippen MR) is 129 cm³/mol. The van der Waals surface area contributed by atoms with Crippen molar-refractivity contribution < 1.29 is 13.9 Å². The van der Waals surface area contributed by atoms with Crippen LogP contribution in [0, 0.1) is 0 Å². The molecule has 3 heterocycles. The van der Waals surface area contributed by atoms with Crippen molar-refractivity contribution in [3.05, 3.63) is 69.6 Å². The smallest absolute Gasteiger partial charge is 0.197 e. The molecule has 2 atom stereocenters. The van der Waals surface area contributed by atoms with Crippen LogP contribution in [0.5, 0.6) is 11.5 Å². The molecular weight excluding hydrogens is 416 g/mol. The number of fused-ring (bicyclic) bond motifs is 2. The highest BCUT2D eigenvalue weighted by molar-refractivity contribution is 5.76. The molecule has 2 aliphatic heterocycles. The Labute approximate surface area is 194 Å². The summed E-state index contributed by atoms with van der Waals surface area (Å²) < 4.78 is 16.8. The number of nitrogens with zero attached hydrogens (tertiary/aromatic N) is 2. The first-order chi connectivity index (χ1) is 16.1. The molecule has 0 spiro atoms. The lowest BCUT2D eigenvalue weighted by Gasteiger charge is -2.45. The van der Waals surface area contributed by atoms with E-state index in [0.29, 0.717) is 29.6 Å². The summed E-state index contributed by atoms with van der Waals surface area (Å²) in [6.45, 7) is 5.92. The molecule has 33 heavy (non-hydrogen) atoms. The molecule has 2 unspecified atom stereocenters. The van der Waals surface area contributed by atoms with Gasteiger partial charge in [0.05, 0.1) is 25.9 Å². The number of piperidine rings is 1. The number of likely N-dealkylation sites (tertiary alicyclic amines) is 1. The maximum absolute atomic E-state index is 13.0. The van der Waals surface area contributed by atoms with Crippen LogP contribution in [0.4, 0.5) is 0 Å². The average Bonchev–Trinajstić information content (AvgIpc) is 2.85. The molecule has 6 nitrogen and oxygen atoms in total. The fourth-order valence-corrected chi connectivity index (χ4v) is 5.58. The summed E-state index contributed by atoms with van der Waals surface area (Å²) in [5.74, 6) is 1.59. The zero-order chi connectivity index (χ0) is 22.9. The van der Waals surface area contributed by atoms with Crippen LogP contribution < -0.4 is 14.9 Å². The molecule has 3 aromatic rings. The molecule has 174 valence electrons. The van der Waals surface area contributed by atoms with E-state index in [2.05, 4.69) is 28.9 Å². The van der Waals surface area contributed by atoms with E-state index in [1.165, 1.54) is 17.5 Å². The van der Waals surface area contributed by atoms with E-state index >= 15 is 0 Å². The fourth-order valence-electron chi connectivity index (χ4n) is 5.58. The van der Waals surface area contributed by atoms with Crippen molar-refractivity contribution in [2.24, 2.45) is 0 Å². The monoisotopic (exact) mass is 448 g/mol. The Morgan fingerprint density at radius 2 is 1.88 bits per heavy atom. The topological polar surface area (TPSA) is 55.2 Å². The van der Waals surface area contributed by atoms with Gasteiger partial charge in [-0.2, -0.15) is 0 Å². The maximum Gasteiger partial charge on any atom is 0.197 e. The van der Waals surface area contributed by atoms with E-state index in [-0.39, 0.29) is 5.43 Å². The Balaban J connectivity index is 1.33. The van der Waals surface area contributed by atoms with Crippen molar-refractivity contribution >= 4 is 11.0 Å². The first kappa shape index (κ1) is 22.0. The second kappa shape index (κ2) is 9.20. The molecule has 2 aromatic carbocycles. The quantitative estimate of drug-likeness (QED) is 0.577. The lowest BCUT2D eigenvalue weighted by atomic mass is 9.90. The molecule has 1 fully saturated rings. The number of methoxy groups -OCH3 is 2. The largest absolute Gasteiger partial charge is 0.493 e. The van der Waals surface area contributed by atoms with Crippen molar-refractivity contribution in [2.75, 3.05) is 33.9 Å². The van der Waals surface area contributed by atoms with Crippen LogP contribution in [-0.2, 0) is 13.0 Å². The van der Waals surface area contributed by atoms with Gasteiger partial charge in [0, 0.05) is 37.3 Å². The predicted octanol–water partition coefficient (Wildman–Crippen LogP) is 4.39. The third-order valence-corrected chi connectivity index (χ3v) is 7.33. The van der Waals surface area contributed by atoms with Gasteiger partial charge in [0.2, 0.25) is 0 Å². The van der Waals surface area contributed by atoms with Crippen LogP contribution in [0.2, 0.25) is 0 Å². The van der Waals surface area contributed by atoms with E-state index in [0.717, 1.165) is 49.5 Å². The van der Waals surface area contributed by atoms with Crippen molar-refractivity contribution in [1.29, 1.82) is 0 Å². The molecule has 1 aromatic heterocycles. The molecule has 6 heteroatoms. The van der Waals surface area contributed by atoms with Crippen molar-refractivity contribution in [3.63, 3.8) is 0 Å². The SMILES string of the molecule is COc1cc2c(cc1OC)C(C)N(C1CCCN(Cc3coc4ccccc4c3=O)C1)CC2. The van der Waals surface area contributed by atoms with Gasteiger partial charge in [-0.3, -0.25) is 14.6 Å². The Bertz CT molecular complexity index is 1200. The summed E-state index contributed by atoms with van der Waals surface area (Å²) in [5, 5.41) is 0.661. The number of para-hydroxylation sites is 1. The van der Waals surface area contributed by atoms with Gasteiger partial charge in [-0.15, -0.1) is 0 Å². The molecule has 0 bridgehead atoms. The lowest BCUT2D eigenvalue weighted by molar-refractivity contribution is 0.0605. The number of benzene rings is 2. The highest BCUT2D eigenvalue weighted by Gasteiger charge is 2.33. The highest BCUT2D eigenvalue weighted by atomic mass is 16.5. The Morgan fingerprint density at radius 1 is 1.09 bits per heavy atom. The van der Waals surface area contributed by atoms with Crippen molar-refractivity contribution in [3.8, 4) is 11.5 Å². The average molecular weight is 449 g/mol. The Morgan fingerprint density at radius 3 is 2.70 bits per heavy atom. The van der Waals surface area contributed by atoms with Gasteiger partial charge in [0.1, 0.15) is 5.58 Å². The van der Waals surface area contributed by atoms with Crippen LogP contribution in [0.1, 0.15) is 42.5 Å². The summed E-state index contributed by atoms with van der Waals surface area (Å²) in [6, 6.07) is 12.5. The van der Waals surface area contributed by atoms with Crippen LogP contribution in [-0.4, -0.2) is 49.7 Å². The second-order valence-corrected chi connectivity index (χ2v) is 9.19. The van der Waals surface area contributed by atoms with Gasteiger partial charge in [-0.05, 0) is 68.1 Å². The summed E-state index contributed by atoms with van der Waals surface area (Å²) in [7, 11) is 3.38. The van der Waals surface area contributed by atoms with E-state index in [4.69, 9.17) is 13.9 Å². The number of ether oxygens (including phenoxy) is 2. The maximum atomic E-state index is 13.0. The third-order valence-electron chi connectivity index (χ3n) is 7.33. The number of hydrogen-bond acceptors (Lipinski definition) is 6. The second-order valence-electron chi connectivity index (χ2n) is 9.19. The van der Waals surface area contributed by atoms with Gasteiger partial charge in [0.25, 0.3) is 0 Å². The van der Waals surface area contributed by atoms with Crippen LogP contribution in [0.3, 0.4) is 0 Å². The van der Waals surface area contributed by atoms with E-state index in [1.54, 1.807) is 20.5 Å². The molecule has 0 amide bonds. The molecule has 5 rings (SSSR count). The summed E-state index contributed by atoms with van der Waals surface area (Å²) in [4.78, 5) is 18.0. The van der Waals surface area contributed by atoms with E-state index in [1.807, 2.05) is 24.3 Å². The minimum absolute atomic E-state index is 0.0836. The van der Waals surface area contributed by atoms with Crippen molar-refractivity contribution in [2.45, 2.75) is 44.8 Å². The molecule has 2 aliphatic rings. The van der Waals surface area contributed by atoms with Crippen LogP contribution in [0.15, 0.2) is 51.9 Å². The first-order valence-corrected chi connectivity index (χ1v) is 11.8. The number of rotatable bonds is 5. The van der Waals surface area contributed by atoms with Gasteiger partial charge in [-0.1, -0.05) is 12.1 Å². The number of hydrogen-bond donors (Lipinski definition) is 0. The normalized spacial score (nSPS) is 21.7. The molecular formula is C27H32N2O4. The summed E-state index contributed by atoms with van der Waals surface area (Å²) >= 11 is 0. The summed E-state index contributed by atoms with van der Waals surface area (Å²) in [6.07, 6.45) is 4.96. The molecule has 1 saturated heterocycles.